The van der Waals surface area contributed by atoms with Gasteiger partial charge in [-0.2, -0.15) is 0 Å². The van der Waals surface area contributed by atoms with E-state index in [1.807, 2.05) is 0 Å². The van der Waals surface area contributed by atoms with Crippen molar-refractivity contribution in [1.29, 1.82) is 0 Å². The molecule has 0 saturated heterocycles. The molecular weight excluding hydrogens is 184 g/mol. The lowest BCUT2D eigenvalue weighted by molar-refractivity contribution is -0.142. The number of amides is 1. The zero-order chi connectivity index (χ0) is 10.3. The third-order valence-corrected chi connectivity index (χ3v) is 2.23. The van der Waals surface area contributed by atoms with Gasteiger partial charge < -0.3 is 5.11 Å². The van der Waals surface area contributed by atoms with Crippen LogP contribution in [0.1, 0.15) is 22.0 Å². The number of hydrogen-bond donors (Lipinski definition) is 2. The summed E-state index contributed by atoms with van der Waals surface area (Å²) in [5, 5.41) is 9.62. The molecule has 3 N–H and O–H groups in total. The van der Waals surface area contributed by atoms with E-state index in [4.69, 9.17) is 10.9 Å². The predicted octanol–water partition coefficient (Wildman–Crippen LogP) is 0.142. The monoisotopic (exact) mass is 192 g/mol. The molecule has 0 aliphatic carbocycles. The van der Waals surface area contributed by atoms with Gasteiger partial charge in [0.1, 0.15) is 0 Å². The number of carbonyl (C=O) groups is 2. The van der Waals surface area contributed by atoms with Gasteiger partial charge in [0.2, 0.25) is 0 Å². The van der Waals surface area contributed by atoms with Crippen molar-refractivity contribution >= 4 is 11.9 Å². The Bertz CT molecular complexity index is 416. The van der Waals surface area contributed by atoms with Crippen molar-refractivity contribution in [1.82, 2.24) is 5.01 Å². The maximum Gasteiger partial charge on any atom is 0.332 e. The van der Waals surface area contributed by atoms with Crippen LogP contribution >= 0.6 is 0 Å². The van der Waals surface area contributed by atoms with E-state index in [0.717, 1.165) is 5.01 Å². The summed E-state index contributed by atoms with van der Waals surface area (Å²) < 4.78 is 0. The van der Waals surface area contributed by atoms with Gasteiger partial charge in [-0.05, 0) is 6.07 Å². The van der Waals surface area contributed by atoms with E-state index in [1.165, 1.54) is 0 Å². The van der Waals surface area contributed by atoms with Crippen molar-refractivity contribution in [2.45, 2.75) is 6.04 Å². The second-order valence-electron chi connectivity index (χ2n) is 3.04. The van der Waals surface area contributed by atoms with Gasteiger partial charge >= 0.3 is 5.97 Å². The lowest BCUT2D eigenvalue weighted by Gasteiger charge is -2.14. The third kappa shape index (κ3) is 0.993. The van der Waals surface area contributed by atoms with Crippen LogP contribution in [-0.2, 0) is 4.79 Å². The molecular formula is C9H8N2O3. The smallest absolute Gasteiger partial charge is 0.332 e. The van der Waals surface area contributed by atoms with Crippen molar-refractivity contribution in [3.8, 4) is 0 Å². The molecule has 1 aliphatic rings. The van der Waals surface area contributed by atoms with Crippen LogP contribution in [0.3, 0.4) is 0 Å². The Balaban J connectivity index is 2.59. The molecule has 0 spiro atoms. The second-order valence-corrected chi connectivity index (χ2v) is 3.04. The molecule has 1 amide bonds. The number of fused-ring (bicyclic) bond motifs is 1. The topological polar surface area (TPSA) is 83.6 Å². The number of aliphatic carboxylic acids is 1. The standard InChI is InChI=1S/C9H8N2O3/c10-11-7(9(13)14)5-3-1-2-4-6(5)8(11)12/h1-4,7H,10H2,(H,13,14)/t7-/m1/s1. The average Bonchev–Trinajstić information content (AvgIpc) is 2.41. The number of nitrogens with two attached hydrogens (primary N) is 1. The molecule has 1 atom stereocenters. The van der Waals surface area contributed by atoms with E-state index in [-0.39, 0.29) is 0 Å². The van der Waals surface area contributed by atoms with Crippen LogP contribution in [0.15, 0.2) is 24.3 Å². The first kappa shape index (κ1) is 8.71. The van der Waals surface area contributed by atoms with Crippen molar-refractivity contribution in [3.63, 3.8) is 0 Å². The molecule has 1 aliphatic heterocycles. The summed E-state index contributed by atoms with van der Waals surface area (Å²) in [6.45, 7) is 0. The fourth-order valence-electron chi connectivity index (χ4n) is 1.59. The highest BCUT2D eigenvalue weighted by molar-refractivity contribution is 6.03. The van der Waals surface area contributed by atoms with Crippen LogP contribution in [0.5, 0.6) is 0 Å². The number of carboxylic acid groups (broad SMARTS) is 1. The minimum absolute atomic E-state index is 0.363. The third-order valence-electron chi connectivity index (χ3n) is 2.23. The van der Waals surface area contributed by atoms with Crippen LogP contribution in [0.2, 0.25) is 0 Å². The van der Waals surface area contributed by atoms with Crippen LogP contribution in [0.4, 0.5) is 0 Å². The molecule has 72 valence electrons. The molecule has 0 unspecified atom stereocenters. The summed E-state index contributed by atoms with van der Waals surface area (Å²) in [5.41, 5.74) is 0.815. The summed E-state index contributed by atoms with van der Waals surface area (Å²) in [5.74, 6) is 3.81. The molecule has 2 rings (SSSR count). The Morgan fingerprint density at radius 1 is 1.43 bits per heavy atom. The summed E-state index contributed by atoms with van der Waals surface area (Å²) >= 11 is 0. The summed E-state index contributed by atoms with van der Waals surface area (Å²) in [7, 11) is 0. The van der Waals surface area contributed by atoms with Crippen molar-refractivity contribution in [2.24, 2.45) is 5.84 Å². The molecule has 1 aromatic rings. The van der Waals surface area contributed by atoms with Gasteiger partial charge in [-0.1, -0.05) is 18.2 Å². The maximum atomic E-state index is 11.4. The van der Waals surface area contributed by atoms with Gasteiger partial charge in [0.25, 0.3) is 5.91 Å². The zero-order valence-electron chi connectivity index (χ0n) is 7.18. The molecule has 0 fully saturated rings. The van der Waals surface area contributed by atoms with Gasteiger partial charge in [0, 0.05) is 11.1 Å². The fourth-order valence-corrected chi connectivity index (χ4v) is 1.59. The highest BCUT2D eigenvalue weighted by atomic mass is 16.4. The van der Waals surface area contributed by atoms with Crippen molar-refractivity contribution in [2.75, 3.05) is 0 Å². The van der Waals surface area contributed by atoms with Crippen LogP contribution in [0.25, 0.3) is 0 Å². The highest BCUT2D eigenvalue weighted by Crippen LogP contribution is 2.30. The number of carbonyl (C=O) groups excluding carboxylic acids is 1. The quantitative estimate of drug-likeness (QED) is 0.489. The van der Waals surface area contributed by atoms with Crippen LogP contribution in [-0.4, -0.2) is 22.0 Å². The minimum Gasteiger partial charge on any atom is -0.479 e. The van der Waals surface area contributed by atoms with Gasteiger partial charge in [0.05, 0.1) is 0 Å². The average molecular weight is 192 g/mol. The number of hydrogen-bond acceptors (Lipinski definition) is 3. The fraction of sp³-hybridized carbons (Fsp3) is 0.111. The zero-order valence-corrected chi connectivity index (χ0v) is 7.18. The highest BCUT2D eigenvalue weighted by Gasteiger charge is 2.39. The molecule has 14 heavy (non-hydrogen) atoms. The molecule has 0 aromatic heterocycles. The maximum absolute atomic E-state index is 11.4. The first-order valence-corrected chi connectivity index (χ1v) is 4.03. The van der Waals surface area contributed by atoms with Crippen molar-refractivity contribution < 1.29 is 14.7 Å². The Labute approximate surface area is 79.7 Å². The lowest BCUT2D eigenvalue weighted by Crippen LogP contribution is -2.38. The number of hydrazine groups is 1. The number of nitrogens with zero attached hydrogens (tertiary/aromatic N) is 1. The second kappa shape index (κ2) is 2.81. The van der Waals surface area contributed by atoms with E-state index in [1.54, 1.807) is 24.3 Å². The number of rotatable bonds is 1. The molecule has 1 aromatic carbocycles. The molecule has 1 heterocycles. The Kier molecular flexibility index (Phi) is 1.75. The van der Waals surface area contributed by atoms with Crippen molar-refractivity contribution in [3.05, 3.63) is 35.4 Å². The predicted molar refractivity (Wildman–Crippen MR) is 47.2 cm³/mol. The molecule has 0 radical (unpaired) electrons. The first-order valence-electron chi connectivity index (χ1n) is 4.03. The van der Waals surface area contributed by atoms with Gasteiger partial charge in [-0.15, -0.1) is 0 Å². The Morgan fingerprint density at radius 2 is 2.07 bits per heavy atom. The summed E-state index contributed by atoms with van der Waals surface area (Å²) in [6, 6.07) is 5.47. The minimum atomic E-state index is -1.12. The largest absolute Gasteiger partial charge is 0.479 e. The number of benzene rings is 1. The number of carboxylic acids is 1. The lowest BCUT2D eigenvalue weighted by atomic mass is 10.1. The van der Waals surface area contributed by atoms with E-state index >= 15 is 0 Å². The normalized spacial score (nSPS) is 19.6. The van der Waals surface area contributed by atoms with E-state index in [9.17, 15) is 9.59 Å². The van der Waals surface area contributed by atoms with Gasteiger partial charge in [0.15, 0.2) is 6.04 Å². The van der Waals surface area contributed by atoms with E-state index in [2.05, 4.69) is 0 Å². The Hall–Kier alpha value is -1.88. The summed E-state index contributed by atoms with van der Waals surface area (Å²) in [6.07, 6.45) is 0. The SMILES string of the molecule is NN1C(=O)c2ccccc2[C@@H]1C(=O)O. The molecule has 5 heteroatoms. The first-order chi connectivity index (χ1) is 6.63. The van der Waals surface area contributed by atoms with E-state index < -0.39 is 17.9 Å². The Morgan fingerprint density at radius 3 is 2.71 bits per heavy atom. The molecule has 0 saturated carbocycles. The summed E-state index contributed by atoms with van der Waals surface area (Å²) in [4.78, 5) is 22.3. The molecule has 5 nitrogen and oxygen atoms in total. The molecule has 0 bridgehead atoms. The van der Waals surface area contributed by atoms with Gasteiger partial charge in [-0.25, -0.2) is 10.6 Å². The van der Waals surface area contributed by atoms with E-state index in [0.29, 0.717) is 11.1 Å². The van der Waals surface area contributed by atoms with Crippen LogP contribution < -0.4 is 5.84 Å². The van der Waals surface area contributed by atoms with Gasteiger partial charge in [-0.3, -0.25) is 9.80 Å². The van der Waals surface area contributed by atoms with Crippen LogP contribution in [0, 0.1) is 0 Å².